The van der Waals surface area contributed by atoms with E-state index < -0.39 is 0 Å². The highest BCUT2D eigenvalue weighted by Crippen LogP contribution is 2.10. The predicted molar refractivity (Wildman–Crippen MR) is 69.6 cm³/mol. The first-order chi connectivity index (χ1) is 8.75. The first-order valence-corrected chi connectivity index (χ1v) is 6.42. The molecule has 1 amide bonds. The summed E-state index contributed by atoms with van der Waals surface area (Å²) in [5, 5.41) is 0. The summed E-state index contributed by atoms with van der Waals surface area (Å²) in [5.41, 5.74) is 4.20. The van der Waals surface area contributed by atoms with Gasteiger partial charge in [0.05, 0.1) is 6.61 Å². The molecule has 1 aromatic rings. The van der Waals surface area contributed by atoms with E-state index in [9.17, 15) is 4.79 Å². The lowest BCUT2D eigenvalue weighted by Gasteiger charge is -2.32. The van der Waals surface area contributed by atoms with Crippen molar-refractivity contribution in [2.24, 2.45) is 0 Å². The molecular weight excluding hydrogens is 228 g/mol. The average molecular weight is 248 g/mol. The van der Waals surface area contributed by atoms with Crippen LogP contribution in [0.3, 0.4) is 0 Å². The Kier molecular flexibility index (Phi) is 4.73. The molecule has 4 nitrogen and oxygen atoms in total. The zero-order chi connectivity index (χ0) is 12.8. The van der Waals surface area contributed by atoms with E-state index in [2.05, 4.69) is 5.48 Å². The fourth-order valence-corrected chi connectivity index (χ4v) is 2.18. The van der Waals surface area contributed by atoms with Gasteiger partial charge < -0.3 is 4.90 Å². The molecule has 1 saturated heterocycles. The number of hydrogen-bond donors (Lipinski definition) is 1. The lowest BCUT2D eigenvalue weighted by molar-refractivity contribution is -0.131. The van der Waals surface area contributed by atoms with E-state index in [1.807, 2.05) is 35.2 Å². The predicted octanol–water partition coefficient (Wildman–Crippen LogP) is 1.72. The summed E-state index contributed by atoms with van der Waals surface area (Å²) >= 11 is 0. The summed E-state index contributed by atoms with van der Waals surface area (Å²) in [6.07, 6.45) is 2.09. The third-order valence-corrected chi connectivity index (χ3v) is 3.20. The normalized spacial score (nSPS) is 19.8. The third-order valence-electron chi connectivity index (χ3n) is 3.20. The quantitative estimate of drug-likeness (QED) is 0.825. The van der Waals surface area contributed by atoms with Crippen LogP contribution >= 0.6 is 0 Å². The molecular formula is C14H20N2O2. The second-order valence-electron chi connectivity index (χ2n) is 4.70. The topological polar surface area (TPSA) is 41.6 Å². The number of carbonyl (C=O) groups is 1. The number of nitrogens with one attached hydrogen (secondary N) is 1. The number of carbonyl (C=O) groups excluding carboxylic acids is 1. The lowest BCUT2D eigenvalue weighted by atomic mass is 10.1. The number of likely N-dealkylation sites (tertiary alicyclic amines) is 1. The number of piperidine rings is 1. The molecule has 1 fully saturated rings. The Balaban J connectivity index is 1.72. The highest BCUT2D eigenvalue weighted by molar-refractivity contribution is 5.73. The Hall–Kier alpha value is -1.39. The Morgan fingerprint density at radius 3 is 2.94 bits per heavy atom. The highest BCUT2D eigenvalue weighted by Gasteiger charge is 2.21. The monoisotopic (exact) mass is 248 g/mol. The molecule has 0 aromatic heterocycles. The molecule has 0 spiro atoms. The zero-order valence-corrected chi connectivity index (χ0v) is 10.8. The molecule has 4 heteroatoms. The maximum absolute atomic E-state index is 11.3. The van der Waals surface area contributed by atoms with Crippen molar-refractivity contribution in [2.45, 2.75) is 32.4 Å². The third kappa shape index (κ3) is 3.82. The molecule has 1 aromatic carbocycles. The van der Waals surface area contributed by atoms with Crippen LogP contribution in [0.5, 0.6) is 0 Å². The first-order valence-electron chi connectivity index (χ1n) is 6.42. The molecule has 1 aliphatic heterocycles. The molecule has 0 unspecified atom stereocenters. The maximum Gasteiger partial charge on any atom is 0.219 e. The van der Waals surface area contributed by atoms with Crippen LogP contribution in [0.25, 0.3) is 0 Å². The Bertz CT molecular complexity index is 381. The lowest BCUT2D eigenvalue weighted by Crippen LogP contribution is -2.47. The average Bonchev–Trinajstić information content (AvgIpc) is 2.40. The van der Waals surface area contributed by atoms with Gasteiger partial charge in [-0.05, 0) is 18.4 Å². The summed E-state index contributed by atoms with van der Waals surface area (Å²) in [5.74, 6) is 0.143. The number of hydrogen-bond acceptors (Lipinski definition) is 3. The van der Waals surface area contributed by atoms with Crippen LogP contribution in [0.2, 0.25) is 0 Å². The molecule has 0 radical (unpaired) electrons. The molecule has 1 heterocycles. The van der Waals surface area contributed by atoms with Crippen molar-refractivity contribution in [3.63, 3.8) is 0 Å². The minimum absolute atomic E-state index is 0.143. The van der Waals surface area contributed by atoms with Crippen molar-refractivity contribution in [3.8, 4) is 0 Å². The van der Waals surface area contributed by atoms with E-state index in [1.165, 1.54) is 0 Å². The molecule has 18 heavy (non-hydrogen) atoms. The molecule has 0 saturated carbocycles. The van der Waals surface area contributed by atoms with Crippen molar-refractivity contribution >= 4 is 5.91 Å². The zero-order valence-electron chi connectivity index (χ0n) is 10.8. The van der Waals surface area contributed by atoms with E-state index in [-0.39, 0.29) is 11.9 Å². The minimum atomic E-state index is 0.143. The molecule has 1 aliphatic rings. The van der Waals surface area contributed by atoms with Crippen LogP contribution in [0.15, 0.2) is 30.3 Å². The SMILES string of the molecule is CC(=O)N1CCC[C@@H](NOCc2ccccc2)C1. The van der Waals surface area contributed by atoms with Crippen LogP contribution in [-0.4, -0.2) is 29.9 Å². The molecule has 0 bridgehead atoms. The summed E-state index contributed by atoms with van der Waals surface area (Å²) in [7, 11) is 0. The van der Waals surface area contributed by atoms with Crippen molar-refractivity contribution in [1.82, 2.24) is 10.4 Å². The van der Waals surface area contributed by atoms with Crippen LogP contribution < -0.4 is 5.48 Å². The van der Waals surface area contributed by atoms with Crippen LogP contribution in [0, 0.1) is 0 Å². The van der Waals surface area contributed by atoms with Crippen molar-refractivity contribution < 1.29 is 9.63 Å². The molecule has 1 N–H and O–H groups in total. The van der Waals surface area contributed by atoms with E-state index >= 15 is 0 Å². The van der Waals surface area contributed by atoms with E-state index in [0.717, 1.165) is 31.5 Å². The fraction of sp³-hybridized carbons (Fsp3) is 0.500. The number of nitrogens with zero attached hydrogens (tertiary/aromatic N) is 1. The van der Waals surface area contributed by atoms with Gasteiger partial charge in [-0.15, -0.1) is 0 Å². The van der Waals surface area contributed by atoms with Gasteiger partial charge in [-0.1, -0.05) is 30.3 Å². The standard InChI is InChI=1S/C14H20N2O2/c1-12(17)16-9-5-8-14(10-16)15-18-11-13-6-3-2-4-7-13/h2-4,6-7,14-15H,5,8-11H2,1H3/t14-/m1/s1. The summed E-state index contributed by atoms with van der Waals surface area (Å²) in [4.78, 5) is 18.7. The number of rotatable bonds is 4. The summed E-state index contributed by atoms with van der Waals surface area (Å²) in [6, 6.07) is 10.3. The Labute approximate surface area is 108 Å². The fourth-order valence-electron chi connectivity index (χ4n) is 2.18. The van der Waals surface area contributed by atoms with Gasteiger partial charge >= 0.3 is 0 Å². The molecule has 98 valence electrons. The largest absolute Gasteiger partial charge is 0.341 e. The van der Waals surface area contributed by atoms with Crippen molar-refractivity contribution in [3.05, 3.63) is 35.9 Å². The molecule has 1 atom stereocenters. The van der Waals surface area contributed by atoms with Gasteiger partial charge in [-0.3, -0.25) is 9.63 Å². The van der Waals surface area contributed by atoms with E-state index in [1.54, 1.807) is 6.92 Å². The van der Waals surface area contributed by atoms with Gasteiger partial charge in [-0.2, -0.15) is 5.48 Å². The first kappa shape index (κ1) is 13.1. The number of benzene rings is 1. The van der Waals surface area contributed by atoms with Gasteiger partial charge in [0.2, 0.25) is 5.91 Å². The van der Waals surface area contributed by atoms with Gasteiger partial charge in [0.15, 0.2) is 0 Å². The second-order valence-corrected chi connectivity index (χ2v) is 4.70. The van der Waals surface area contributed by atoms with Gasteiger partial charge in [0.25, 0.3) is 0 Å². The summed E-state index contributed by atoms with van der Waals surface area (Å²) in [6.45, 7) is 3.78. The van der Waals surface area contributed by atoms with Gasteiger partial charge in [0, 0.05) is 26.1 Å². The van der Waals surface area contributed by atoms with Crippen molar-refractivity contribution in [1.29, 1.82) is 0 Å². The maximum atomic E-state index is 11.3. The minimum Gasteiger partial charge on any atom is -0.341 e. The Morgan fingerprint density at radius 1 is 1.44 bits per heavy atom. The van der Waals surface area contributed by atoms with Crippen LogP contribution in [-0.2, 0) is 16.2 Å². The van der Waals surface area contributed by atoms with Gasteiger partial charge in [-0.25, -0.2) is 0 Å². The molecule has 2 rings (SSSR count). The Morgan fingerprint density at radius 2 is 2.22 bits per heavy atom. The van der Waals surface area contributed by atoms with Crippen molar-refractivity contribution in [2.75, 3.05) is 13.1 Å². The van der Waals surface area contributed by atoms with Crippen LogP contribution in [0.1, 0.15) is 25.3 Å². The second kappa shape index (κ2) is 6.52. The van der Waals surface area contributed by atoms with Gasteiger partial charge in [0.1, 0.15) is 0 Å². The van der Waals surface area contributed by atoms with E-state index in [4.69, 9.17) is 4.84 Å². The number of amides is 1. The smallest absolute Gasteiger partial charge is 0.219 e. The van der Waals surface area contributed by atoms with Crippen LogP contribution in [0.4, 0.5) is 0 Å². The highest BCUT2D eigenvalue weighted by atomic mass is 16.6. The van der Waals surface area contributed by atoms with E-state index in [0.29, 0.717) is 6.61 Å². The number of hydroxylamine groups is 1. The summed E-state index contributed by atoms with van der Waals surface area (Å²) < 4.78 is 0. The molecule has 0 aliphatic carbocycles.